The number of hydrogen-bond acceptors (Lipinski definition) is 3. The van der Waals surface area contributed by atoms with Crippen LogP contribution in [0.25, 0.3) is 11.0 Å². The summed E-state index contributed by atoms with van der Waals surface area (Å²) in [5, 5.41) is 4.17. The van der Waals surface area contributed by atoms with E-state index in [0.717, 1.165) is 62.2 Å². The summed E-state index contributed by atoms with van der Waals surface area (Å²) in [5.74, 6) is 2.12. The molecule has 1 aliphatic carbocycles. The van der Waals surface area contributed by atoms with Gasteiger partial charge in [0.05, 0.1) is 0 Å². The molecular formula is C26H36N2O3. The molecule has 31 heavy (non-hydrogen) atoms. The zero-order valence-corrected chi connectivity index (χ0v) is 18.8. The first-order valence-electron chi connectivity index (χ1n) is 12.2. The van der Waals surface area contributed by atoms with Crippen LogP contribution in [0.1, 0.15) is 75.3 Å². The van der Waals surface area contributed by atoms with E-state index in [1.807, 2.05) is 35.2 Å². The second-order valence-electron chi connectivity index (χ2n) is 9.49. The fraction of sp³-hybridized carbons (Fsp3) is 0.615. The molecule has 1 aliphatic heterocycles. The van der Waals surface area contributed by atoms with Crippen molar-refractivity contribution in [2.45, 2.75) is 64.7 Å². The summed E-state index contributed by atoms with van der Waals surface area (Å²) in [6.45, 7) is 4.43. The number of carbonyl (C=O) groups is 2. The minimum atomic E-state index is -0.0291. The van der Waals surface area contributed by atoms with E-state index in [4.69, 9.17) is 4.42 Å². The van der Waals surface area contributed by atoms with Gasteiger partial charge in [0.15, 0.2) is 5.76 Å². The predicted molar refractivity (Wildman–Crippen MR) is 123 cm³/mol. The Kier molecular flexibility index (Phi) is 7.31. The number of fused-ring (bicyclic) bond motifs is 1. The lowest BCUT2D eigenvalue weighted by Gasteiger charge is -2.32. The van der Waals surface area contributed by atoms with Crippen LogP contribution in [0.15, 0.2) is 34.7 Å². The molecule has 168 valence electrons. The van der Waals surface area contributed by atoms with Crippen molar-refractivity contribution in [3.63, 3.8) is 0 Å². The van der Waals surface area contributed by atoms with Gasteiger partial charge in [0.1, 0.15) is 5.58 Å². The van der Waals surface area contributed by atoms with Gasteiger partial charge >= 0.3 is 0 Å². The standard InChI is InChI=1S/C26H36N2O3/c1-2-3-6-19-9-11-21(12-10-19)25(29)27-18-20-13-15-28(16-14-20)26(30)24-17-22-7-4-5-8-23(22)31-24/h4-5,7-8,17,19-21H,2-3,6,9-16,18H2,1H3,(H,27,29). The molecule has 0 unspecified atom stereocenters. The molecule has 1 saturated heterocycles. The van der Waals surface area contributed by atoms with Crippen LogP contribution in [0.2, 0.25) is 0 Å². The van der Waals surface area contributed by atoms with Gasteiger partial charge in [-0.15, -0.1) is 0 Å². The zero-order valence-electron chi connectivity index (χ0n) is 18.8. The molecular weight excluding hydrogens is 388 g/mol. The largest absolute Gasteiger partial charge is 0.451 e. The highest BCUT2D eigenvalue weighted by Crippen LogP contribution is 2.32. The number of unbranched alkanes of at least 4 members (excludes halogenated alkanes) is 1. The Bertz CT molecular complexity index is 841. The number of furan rings is 1. The van der Waals surface area contributed by atoms with Gasteiger partial charge in [-0.2, -0.15) is 0 Å². The summed E-state index contributed by atoms with van der Waals surface area (Å²) >= 11 is 0. The molecule has 2 aromatic rings. The highest BCUT2D eigenvalue weighted by atomic mass is 16.3. The van der Waals surface area contributed by atoms with Gasteiger partial charge in [-0.1, -0.05) is 44.4 Å². The first kappa shape index (κ1) is 21.9. The molecule has 5 nitrogen and oxygen atoms in total. The number of hydrogen-bond donors (Lipinski definition) is 1. The first-order chi connectivity index (χ1) is 15.1. The van der Waals surface area contributed by atoms with Crippen molar-refractivity contribution in [1.82, 2.24) is 10.2 Å². The number of nitrogens with zero attached hydrogens (tertiary/aromatic N) is 1. The highest BCUT2D eigenvalue weighted by molar-refractivity contribution is 5.96. The normalized spacial score (nSPS) is 22.5. The van der Waals surface area contributed by atoms with Crippen molar-refractivity contribution in [2.75, 3.05) is 19.6 Å². The molecule has 1 aromatic carbocycles. The van der Waals surface area contributed by atoms with Gasteiger partial charge < -0.3 is 14.6 Å². The van der Waals surface area contributed by atoms with Crippen LogP contribution >= 0.6 is 0 Å². The van der Waals surface area contributed by atoms with Crippen LogP contribution < -0.4 is 5.32 Å². The van der Waals surface area contributed by atoms with E-state index < -0.39 is 0 Å². The monoisotopic (exact) mass is 424 g/mol. The summed E-state index contributed by atoms with van der Waals surface area (Å²) in [6.07, 6.45) is 10.3. The van der Waals surface area contributed by atoms with Crippen molar-refractivity contribution >= 4 is 22.8 Å². The molecule has 4 rings (SSSR count). The maximum Gasteiger partial charge on any atom is 0.289 e. The van der Waals surface area contributed by atoms with Crippen LogP contribution in [-0.2, 0) is 4.79 Å². The van der Waals surface area contributed by atoms with Gasteiger partial charge in [0.25, 0.3) is 5.91 Å². The molecule has 2 fully saturated rings. The van der Waals surface area contributed by atoms with Crippen molar-refractivity contribution in [3.05, 3.63) is 36.1 Å². The van der Waals surface area contributed by atoms with Crippen molar-refractivity contribution in [2.24, 2.45) is 17.8 Å². The SMILES string of the molecule is CCCCC1CCC(C(=O)NCC2CCN(C(=O)c3cc4ccccc4o3)CC2)CC1. The average molecular weight is 425 g/mol. The summed E-state index contributed by atoms with van der Waals surface area (Å²) in [7, 11) is 0. The van der Waals surface area contributed by atoms with Crippen LogP contribution in [0.3, 0.4) is 0 Å². The molecule has 0 bridgehead atoms. The summed E-state index contributed by atoms with van der Waals surface area (Å²) in [5.41, 5.74) is 0.753. The number of benzene rings is 1. The van der Waals surface area contributed by atoms with Gasteiger partial charge in [0.2, 0.25) is 5.91 Å². The Morgan fingerprint density at radius 1 is 1.03 bits per heavy atom. The third-order valence-electron chi connectivity index (χ3n) is 7.29. The lowest BCUT2D eigenvalue weighted by molar-refractivity contribution is -0.126. The second kappa shape index (κ2) is 10.3. The molecule has 2 amide bonds. The zero-order chi connectivity index (χ0) is 21.6. The molecule has 0 atom stereocenters. The number of nitrogens with one attached hydrogen (secondary N) is 1. The van der Waals surface area contributed by atoms with E-state index in [2.05, 4.69) is 12.2 Å². The topological polar surface area (TPSA) is 62.6 Å². The molecule has 2 aliphatic rings. The summed E-state index contributed by atoms with van der Waals surface area (Å²) < 4.78 is 5.74. The van der Waals surface area contributed by atoms with E-state index in [1.54, 1.807) is 0 Å². The Labute approximate surface area is 185 Å². The smallest absolute Gasteiger partial charge is 0.289 e. The average Bonchev–Trinajstić information content (AvgIpc) is 3.26. The Morgan fingerprint density at radius 2 is 1.77 bits per heavy atom. The van der Waals surface area contributed by atoms with E-state index in [-0.39, 0.29) is 17.7 Å². The molecule has 2 heterocycles. The van der Waals surface area contributed by atoms with Gasteiger partial charge in [-0.25, -0.2) is 0 Å². The maximum absolute atomic E-state index is 12.8. The van der Waals surface area contributed by atoms with Gasteiger partial charge in [0, 0.05) is 30.9 Å². The number of piperidine rings is 1. The lowest BCUT2D eigenvalue weighted by atomic mass is 9.79. The first-order valence-corrected chi connectivity index (χ1v) is 12.2. The molecule has 0 radical (unpaired) electrons. The number of para-hydroxylation sites is 1. The van der Waals surface area contributed by atoms with Crippen LogP contribution in [0, 0.1) is 17.8 Å². The van der Waals surface area contributed by atoms with E-state index >= 15 is 0 Å². The van der Waals surface area contributed by atoms with E-state index in [1.165, 1.54) is 32.1 Å². The molecule has 5 heteroatoms. The van der Waals surface area contributed by atoms with E-state index in [9.17, 15) is 9.59 Å². The minimum absolute atomic E-state index is 0.0291. The van der Waals surface area contributed by atoms with Gasteiger partial charge in [-0.3, -0.25) is 9.59 Å². The third kappa shape index (κ3) is 5.50. The minimum Gasteiger partial charge on any atom is -0.451 e. The molecule has 1 saturated carbocycles. The molecule has 1 N–H and O–H groups in total. The fourth-order valence-electron chi connectivity index (χ4n) is 5.18. The van der Waals surface area contributed by atoms with E-state index in [0.29, 0.717) is 11.7 Å². The summed E-state index contributed by atoms with van der Waals surface area (Å²) in [4.78, 5) is 27.3. The van der Waals surface area contributed by atoms with Crippen LogP contribution in [-0.4, -0.2) is 36.3 Å². The Morgan fingerprint density at radius 3 is 2.48 bits per heavy atom. The second-order valence-corrected chi connectivity index (χ2v) is 9.49. The van der Waals surface area contributed by atoms with Crippen molar-refractivity contribution < 1.29 is 14.0 Å². The predicted octanol–water partition coefficient (Wildman–Crippen LogP) is 5.40. The van der Waals surface area contributed by atoms with Gasteiger partial charge in [-0.05, 0) is 62.5 Å². The number of carbonyl (C=O) groups excluding carboxylic acids is 2. The number of amides is 2. The fourth-order valence-corrected chi connectivity index (χ4v) is 5.18. The highest BCUT2D eigenvalue weighted by Gasteiger charge is 2.28. The Balaban J connectivity index is 1.18. The lowest BCUT2D eigenvalue weighted by Crippen LogP contribution is -2.42. The summed E-state index contributed by atoms with van der Waals surface area (Å²) in [6, 6.07) is 9.55. The maximum atomic E-state index is 12.8. The van der Waals surface area contributed by atoms with Crippen molar-refractivity contribution in [1.29, 1.82) is 0 Å². The number of likely N-dealkylation sites (tertiary alicyclic amines) is 1. The third-order valence-corrected chi connectivity index (χ3v) is 7.29. The van der Waals surface area contributed by atoms with Crippen LogP contribution in [0.4, 0.5) is 0 Å². The number of rotatable bonds is 7. The van der Waals surface area contributed by atoms with Crippen molar-refractivity contribution in [3.8, 4) is 0 Å². The van der Waals surface area contributed by atoms with Crippen LogP contribution in [0.5, 0.6) is 0 Å². The Hall–Kier alpha value is -2.30. The molecule has 1 aromatic heterocycles. The molecule has 0 spiro atoms. The quantitative estimate of drug-likeness (QED) is 0.647.